The standard InChI is InChI=1S/C38H53BrO8/c1-5-7-9-11-15-21-42-24-31(46-28(3)40)26-44-37-33-17-13-14-18-34(33)38(36-23-30(39)19-20-35(36)37)45-27-32(47-29(4)41)25-43-22-16-12-10-8-6-2/h13-14,17-20,23,31-32H,5-12,15-16,21-22,24-27H2,1-4H3. The highest BCUT2D eigenvalue weighted by molar-refractivity contribution is 9.10. The molecule has 0 saturated carbocycles. The van der Waals surface area contributed by atoms with Crippen molar-refractivity contribution in [2.24, 2.45) is 0 Å². The molecule has 3 aromatic rings. The molecule has 0 N–H and O–H groups in total. The van der Waals surface area contributed by atoms with E-state index >= 15 is 0 Å². The molecule has 3 aromatic carbocycles. The summed E-state index contributed by atoms with van der Waals surface area (Å²) in [5.41, 5.74) is 0. The van der Waals surface area contributed by atoms with Gasteiger partial charge in [-0.2, -0.15) is 0 Å². The Morgan fingerprint density at radius 1 is 0.596 bits per heavy atom. The van der Waals surface area contributed by atoms with Crippen molar-refractivity contribution in [3.8, 4) is 11.5 Å². The highest BCUT2D eigenvalue weighted by Gasteiger charge is 2.21. The Balaban J connectivity index is 1.79. The summed E-state index contributed by atoms with van der Waals surface area (Å²) in [5, 5.41) is 3.37. The molecular formula is C38H53BrO8. The zero-order valence-corrected chi connectivity index (χ0v) is 30.2. The van der Waals surface area contributed by atoms with E-state index < -0.39 is 12.2 Å². The van der Waals surface area contributed by atoms with Crippen LogP contribution in [0.2, 0.25) is 0 Å². The quantitative estimate of drug-likeness (QED) is 0.0515. The average molecular weight is 718 g/mol. The second-order valence-corrected chi connectivity index (χ2v) is 12.9. The summed E-state index contributed by atoms with van der Waals surface area (Å²) in [5.74, 6) is 0.559. The molecule has 0 aliphatic heterocycles. The topological polar surface area (TPSA) is 89.5 Å². The van der Waals surface area contributed by atoms with E-state index in [9.17, 15) is 9.59 Å². The lowest BCUT2D eigenvalue weighted by atomic mass is 10.0. The highest BCUT2D eigenvalue weighted by atomic mass is 79.9. The van der Waals surface area contributed by atoms with Gasteiger partial charge in [0, 0.05) is 53.1 Å². The minimum absolute atomic E-state index is 0.130. The van der Waals surface area contributed by atoms with Crippen LogP contribution in [0.5, 0.6) is 11.5 Å². The maximum Gasteiger partial charge on any atom is 0.303 e. The van der Waals surface area contributed by atoms with Crippen LogP contribution in [-0.2, 0) is 28.5 Å². The minimum atomic E-state index is -0.559. The SMILES string of the molecule is CCCCCCCOCC(COc1c2ccccc2c(OCC(COCCCCCCC)OC(C)=O)c2cc(Br)ccc12)OC(C)=O. The van der Waals surface area contributed by atoms with Gasteiger partial charge >= 0.3 is 11.9 Å². The molecule has 47 heavy (non-hydrogen) atoms. The van der Waals surface area contributed by atoms with E-state index in [1.165, 1.54) is 52.4 Å². The first kappa shape index (κ1) is 38.6. The van der Waals surface area contributed by atoms with E-state index in [0.29, 0.717) is 24.7 Å². The molecule has 0 amide bonds. The lowest BCUT2D eigenvalue weighted by Gasteiger charge is -2.22. The fraction of sp³-hybridized carbons (Fsp3) is 0.579. The Labute approximate surface area is 288 Å². The number of esters is 2. The van der Waals surface area contributed by atoms with Crippen molar-refractivity contribution in [1.29, 1.82) is 0 Å². The van der Waals surface area contributed by atoms with Gasteiger partial charge in [0.1, 0.15) is 24.7 Å². The van der Waals surface area contributed by atoms with Gasteiger partial charge in [-0.3, -0.25) is 9.59 Å². The van der Waals surface area contributed by atoms with E-state index in [1.807, 2.05) is 42.5 Å². The maximum atomic E-state index is 11.9. The van der Waals surface area contributed by atoms with Crippen molar-refractivity contribution >= 4 is 49.4 Å². The number of fused-ring (bicyclic) bond motifs is 2. The molecule has 0 spiro atoms. The average Bonchev–Trinajstić information content (AvgIpc) is 3.04. The van der Waals surface area contributed by atoms with E-state index in [2.05, 4.69) is 29.8 Å². The second kappa shape index (κ2) is 21.9. The molecule has 0 radical (unpaired) electrons. The third-order valence-corrected chi connectivity index (χ3v) is 8.26. The number of benzene rings is 3. The van der Waals surface area contributed by atoms with Gasteiger partial charge in [0.25, 0.3) is 0 Å². The van der Waals surface area contributed by atoms with Crippen LogP contribution in [0.4, 0.5) is 0 Å². The van der Waals surface area contributed by atoms with Gasteiger partial charge in [0.2, 0.25) is 0 Å². The van der Waals surface area contributed by atoms with E-state index in [4.69, 9.17) is 28.4 Å². The molecule has 2 atom stereocenters. The fourth-order valence-electron chi connectivity index (χ4n) is 5.48. The summed E-state index contributed by atoms with van der Waals surface area (Å²) >= 11 is 3.62. The Morgan fingerprint density at radius 3 is 1.51 bits per heavy atom. The van der Waals surface area contributed by atoms with Gasteiger partial charge in [0.05, 0.1) is 13.2 Å². The number of ether oxygens (including phenoxy) is 6. The number of carbonyl (C=O) groups excluding carboxylic acids is 2. The van der Waals surface area contributed by atoms with Gasteiger partial charge in [-0.1, -0.05) is 105 Å². The first-order chi connectivity index (χ1) is 22.8. The number of carbonyl (C=O) groups is 2. The molecule has 0 fully saturated rings. The Kier molecular flexibility index (Phi) is 18.0. The van der Waals surface area contributed by atoms with E-state index in [0.717, 1.165) is 51.7 Å². The minimum Gasteiger partial charge on any atom is -0.488 e. The Morgan fingerprint density at radius 2 is 1.04 bits per heavy atom. The van der Waals surface area contributed by atoms with Crippen LogP contribution in [0, 0.1) is 0 Å². The summed E-state index contributed by atoms with van der Waals surface area (Å²) in [6, 6.07) is 13.8. The monoisotopic (exact) mass is 716 g/mol. The Hall–Kier alpha value is -2.88. The molecule has 3 rings (SSSR count). The zero-order valence-electron chi connectivity index (χ0n) is 28.7. The third kappa shape index (κ3) is 13.6. The molecule has 8 nitrogen and oxygen atoms in total. The summed E-state index contributed by atoms with van der Waals surface area (Å²) in [6.45, 7) is 9.20. The summed E-state index contributed by atoms with van der Waals surface area (Å²) in [7, 11) is 0. The van der Waals surface area contributed by atoms with Crippen LogP contribution in [0.25, 0.3) is 21.5 Å². The van der Waals surface area contributed by atoms with Crippen LogP contribution >= 0.6 is 15.9 Å². The van der Waals surface area contributed by atoms with Crippen molar-refractivity contribution in [3.63, 3.8) is 0 Å². The fourth-order valence-corrected chi connectivity index (χ4v) is 5.84. The molecular weight excluding hydrogens is 664 g/mol. The van der Waals surface area contributed by atoms with Crippen molar-refractivity contribution in [1.82, 2.24) is 0 Å². The van der Waals surface area contributed by atoms with Gasteiger partial charge in [-0.25, -0.2) is 0 Å². The largest absolute Gasteiger partial charge is 0.488 e. The third-order valence-electron chi connectivity index (χ3n) is 7.77. The smallest absolute Gasteiger partial charge is 0.303 e. The molecule has 0 heterocycles. The van der Waals surface area contributed by atoms with Crippen molar-refractivity contribution in [3.05, 3.63) is 46.9 Å². The van der Waals surface area contributed by atoms with Gasteiger partial charge in [0.15, 0.2) is 12.2 Å². The normalized spacial score (nSPS) is 12.6. The predicted molar refractivity (Wildman–Crippen MR) is 190 cm³/mol. The molecule has 9 heteroatoms. The van der Waals surface area contributed by atoms with Gasteiger partial charge in [-0.15, -0.1) is 0 Å². The first-order valence-electron chi connectivity index (χ1n) is 17.2. The van der Waals surface area contributed by atoms with E-state index in [1.54, 1.807) is 0 Å². The molecule has 260 valence electrons. The van der Waals surface area contributed by atoms with Crippen molar-refractivity contribution in [2.45, 2.75) is 104 Å². The molecule has 0 bridgehead atoms. The van der Waals surface area contributed by atoms with Crippen molar-refractivity contribution in [2.75, 3.05) is 39.6 Å². The zero-order chi connectivity index (χ0) is 33.9. The van der Waals surface area contributed by atoms with Crippen LogP contribution in [0.15, 0.2) is 46.9 Å². The summed E-state index contributed by atoms with van der Waals surface area (Å²) in [4.78, 5) is 23.8. The maximum absolute atomic E-state index is 11.9. The molecule has 0 aliphatic rings. The number of rotatable bonds is 24. The number of hydrogen-bond donors (Lipinski definition) is 0. The van der Waals surface area contributed by atoms with Crippen LogP contribution in [0.1, 0.15) is 91.9 Å². The first-order valence-corrected chi connectivity index (χ1v) is 18.0. The summed E-state index contributed by atoms with van der Waals surface area (Å²) < 4.78 is 36.7. The Bertz CT molecular complexity index is 1380. The van der Waals surface area contributed by atoms with Gasteiger partial charge in [-0.05, 0) is 31.0 Å². The number of unbranched alkanes of at least 4 members (excludes halogenated alkanes) is 8. The van der Waals surface area contributed by atoms with Gasteiger partial charge < -0.3 is 28.4 Å². The van der Waals surface area contributed by atoms with Crippen LogP contribution < -0.4 is 9.47 Å². The highest BCUT2D eigenvalue weighted by Crippen LogP contribution is 2.43. The molecule has 0 aromatic heterocycles. The molecule has 0 saturated heterocycles. The summed E-state index contributed by atoms with van der Waals surface area (Å²) in [6.07, 6.45) is 10.3. The molecule has 2 unspecified atom stereocenters. The van der Waals surface area contributed by atoms with Crippen LogP contribution in [-0.4, -0.2) is 63.8 Å². The van der Waals surface area contributed by atoms with E-state index in [-0.39, 0.29) is 38.4 Å². The van der Waals surface area contributed by atoms with Crippen molar-refractivity contribution < 1.29 is 38.0 Å². The molecule has 0 aliphatic carbocycles. The number of halogens is 1. The lowest BCUT2D eigenvalue weighted by Crippen LogP contribution is -2.29. The predicted octanol–water partition coefficient (Wildman–Crippen LogP) is 9.35. The number of hydrogen-bond acceptors (Lipinski definition) is 8. The lowest BCUT2D eigenvalue weighted by molar-refractivity contribution is -0.152. The van der Waals surface area contributed by atoms with Crippen LogP contribution in [0.3, 0.4) is 0 Å². The second-order valence-electron chi connectivity index (χ2n) is 12.0.